The van der Waals surface area contributed by atoms with Gasteiger partial charge in [-0.25, -0.2) is 4.79 Å². The number of benzene rings is 3. The molecule has 0 aliphatic carbocycles. The Morgan fingerprint density at radius 1 is 0.926 bits per heavy atom. The molecule has 3 rings (SSSR count). The number of nitrogens with one attached hydrogen (secondary N) is 1. The number of carbonyl (C=O) groups is 2. The first-order valence-corrected chi connectivity index (χ1v) is 8.82. The number of aryl methyl sites for hydroxylation is 1. The Morgan fingerprint density at radius 3 is 2.33 bits per heavy atom. The van der Waals surface area contributed by atoms with Gasteiger partial charge in [-0.05, 0) is 66.1 Å². The van der Waals surface area contributed by atoms with Crippen LogP contribution < -0.4 is 5.32 Å². The molecule has 0 bridgehead atoms. The monoisotopic (exact) mass is 377 g/mol. The fraction of sp³-hybridized carbons (Fsp3) is 0.0909. The van der Waals surface area contributed by atoms with Crippen LogP contribution in [0.4, 0.5) is 5.69 Å². The van der Waals surface area contributed by atoms with E-state index >= 15 is 0 Å². The summed E-state index contributed by atoms with van der Waals surface area (Å²) in [4.78, 5) is 24.8. The van der Waals surface area contributed by atoms with Crippen molar-refractivity contribution < 1.29 is 14.3 Å². The van der Waals surface area contributed by atoms with Crippen molar-refractivity contribution in [1.29, 1.82) is 0 Å². The third-order valence-corrected chi connectivity index (χ3v) is 4.50. The van der Waals surface area contributed by atoms with Crippen molar-refractivity contribution >= 4 is 30.2 Å². The van der Waals surface area contributed by atoms with Crippen LogP contribution >= 0.6 is 12.6 Å². The minimum absolute atomic E-state index is 0.193. The molecular weight excluding hydrogens is 358 g/mol. The maximum atomic E-state index is 12.5. The van der Waals surface area contributed by atoms with Crippen molar-refractivity contribution in [2.75, 3.05) is 12.4 Å². The highest BCUT2D eigenvalue weighted by Gasteiger charge is 2.10. The van der Waals surface area contributed by atoms with Crippen molar-refractivity contribution in [3.8, 4) is 11.1 Å². The lowest BCUT2D eigenvalue weighted by molar-refractivity contribution is 0.0600. The summed E-state index contributed by atoms with van der Waals surface area (Å²) in [6.07, 6.45) is 0. The predicted molar refractivity (Wildman–Crippen MR) is 110 cm³/mol. The molecule has 0 heterocycles. The van der Waals surface area contributed by atoms with E-state index < -0.39 is 0 Å². The smallest absolute Gasteiger partial charge is 0.337 e. The zero-order chi connectivity index (χ0) is 19.4. The van der Waals surface area contributed by atoms with E-state index in [-0.39, 0.29) is 11.9 Å². The minimum Gasteiger partial charge on any atom is -0.465 e. The van der Waals surface area contributed by atoms with Gasteiger partial charge in [0.15, 0.2) is 0 Å². The average Bonchev–Trinajstić information content (AvgIpc) is 2.69. The van der Waals surface area contributed by atoms with E-state index in [1.807, 2.05) is 43.3 Å². The van der Waals surface area contributed by atoms with Crippen LogP contribution in [0.2, 0.25) is 0 Å². The van der Waals surface area contributed by atoms with Crippen LogP contribution in [-0.2, 0) is 4.74 Å². The summed E-state index contributed by atoms with van der Waals surface area (Å²) in [5.41, 5.74) is 4.74. The van der Waals surface area contributed by atoms with Crippen LogP contribution in [0, 0.1) is 6.92 Å². The zero-order valence-electron chi connectivity index (χ0n) is 15.0. The molecule has 0 saturated heterocycles. The first-order chi connectivity index (χ1) is 13.0. The van der Waals surface area contributed by atoms with Gasteiger partial charge in [0.05, 0.1) is 12.7 Å². The van der Waals surface area contributed by atoms with Crippen LogP contribution in [-0.4, -0.2) is 19.0 Å². The van der Waals surface area contributed by atoms with E-state index in [2.05, 4.69) is 17.9 Å². The van der Waals surface area contributed by atoms with Gasteiger partial charge < -0.3 is 10.1 Å². The molecule has 0 aromatic heterocycles. The second-order valence-corrected chi connectivity index (χ2v) is 6.62. The zero-order valence-corrected chi connectivity index (χ0v) is 15.9. The van der Waals surface area contributed by atoms with E-state index in [1.54, 1.807) is 30.3 Å². The quantitative estimate of drug-likeness (QED) is 0.497. The summed E-state index contributed by atoms with van der Waals surface area (Å²) in [5.74, 6) is -0.563. The second-order valence-electron chi connectivity index (χ2n) is 6.10. The highest BCUT2D eigenvalue weighted by molar-refractivity contribution is 7.80. The van der Waals surface area contributed by atoms with Crippen molar-refractivity contribution in [2.24, 2.45) is 0 Å². The Hall–Kier alpha value is -3.05. The van der Waals surface area contributed by atoms with Gasteiger partial charge >= 0.3 is 5.97 Å². The van der Waals surface area contributed by atoms with E-state index in [9.17, 15) is 9.59 Å². The molecule has 3 aromatic rings. The second kappa shape index (κ2) is 8.10. The maximum Gasteiger partial charge on any atom is 0.337 e. The number of esters is 1. The van der Waals surface area contributed by atoms with Gasteiger partial charge in [-0.1, -0.05) is 24.3 Å². The van der Waals surface area contributed by atoms with Crippen LogP contribution in [0.15, 0.2) is 71.6 Å². The summed E-state index contributed by atoms with van der Waals surface area (Å²) in [5, 5.41) is 2.91. The maximum absolute atomic E-state index is 12.5. The fourth-order valence-electron chi connectivity index (χ4n) is 2.76. The third kappa shape index (κ3) is 4.38. The van der Waals surface area contributed by atoms with E-state index in [4.69, 9.17) is 4.74 Å². The molecule has 0 unspecified atom stereocenters. The minimum atomic E-state index is -0.370. The summed E-state index contributed by atoms with van der Waals surface area (Å²) in [6.45, 7) is 2.00. The molecule has 0 aliphatic rings. The topological polar surface area (TPSA) is 55.4 Å². The molecule has 0 aliphatic heterocycles. The van der Waals surface area contributed by atoms with Gasteiger partial charge in [-0.2, -0.15) is 0 Å². The first-order valence-electron chi connectivity index (χ1n) is 8.37. The lowest BCUT2D eigenvalue weighted by Gasteiger charge is -2.11. The number of ether oxygens (including phenoxy) is 1. The Balaban J connectivity index is 1.86. The SMILES string of the molecule is COC(=O)c1ccc(-c2cc(NC(=O)c3cccc(S)c3)ccc2C)cc1. The number of rotatable bonds is 4. The molecule has 0 radical (unpaired) electrons. The molecule has 0 fully saturated rings. The fourth-order valence-corrected chi connectivity index (χ4v) is 2.99. The molecule has 27 heavy (non-hydrogen) atoms. The molecule has 5 heteroatoms. The van der Waals surface area contributed by atoms with E-state index in [0.717, 1.165) is 21.6 Å². The van der Waals surface area contributed by atoms with E-state index in [1.165, 1.54) is 7.11 Å². The van der Waals surface area contributed by atoms with Gasteiger partial charge in [0.1, 0.15) is 0 Å². The normalized spacial score (nSPS) is 10.3. The highest BCUT2D eigenvalue weighted by Crippen LogP contribution is 2.27. The van der Waals surface area contributed by atoms with Crippen LogP contribution in [0.25, 0.3) is 11.1 Å². The Morgan fingerprint density at radius 2 is 1.67 bits per heavy atom. The lowest BCUT2D eigenvalue weighted by Crippen LogP contribution is -2.11. The molecule has 1 amide bonds. The van der Waals surface area contributed by atoms with Gasteiger partial charge in [-0.15, -0.1) is 12.6 Å². The number of anilines is 1. The Kier molecular flexibility index (Phi) is 5.62. The van der Waals surface area contributed by atoms with Crippen molar-refractivity contribution in [3.05, 3.63) is 83.4 Å². The van der Waals surface area contributed by atoms with Crippen LogP contribution in [0.5, 0.6) is 0 Å². The Bertz CT molecular complexity index is 997. The van der Waals surface area contributed by atoms with Crippen molar-refractivity contribution in [2.45, 2.75) is 11.8 Å². The van der Waals surface area contributed by atoms with Crippen LogP contribution in [0.1, 0.15) is 26.3 Å². The lowest BCUT2D eigenvalue weighted by atomic mass is 9.98. The largest absolute Gasteiger partial charge is 0.465 e. The first kappa shape index (κ1) is 18.7. The molecule has 0 atom stereocenters. The van der Waals surface area contributed by atoms with Crippen molar-refractivity contribution in [1.82, 2.24) is 0 Å². The van der Waals surface area contributed by atoms with Gasteiger partial charge in [0.2, 0.25) is 0 Å². The molecular formula is C22H19NO3S. The van der Waals surface area contributed by atoms with Gasteiger partial charge in [-0.3, -0.25) is 4.79 Å². The number of methoxy groups -OCH3 is 1. The predicted octanol–water partition coefficient (Wildman–Crippen LogP) is 4.99. The number of amides is 1. The number of carbonyl (C=O) groups excluding carboxylic acids is 2. The average molecular weight is 377 g/mol. The van der Waals surface area contributed by atoms with Gasteiger partial charge in [0.25, 0.3) is 5.91 Å². The molecule has 4 nitrogen and oxygen atoms in total. The number of hydrogen-bond acceptors (Lipinski definition) is 4. The number of thiol groups is 1. The Labute approximate surface area is 163 Å². The highest BCUT2D eigenvalue weighted by atomic mass is 32.1. The van der Waals surface area contributed by atoms with E-state index in [0.29, 0.717) is 16.8 Å². The summed E-state index contributed by atoms with van der Waals surface area (Å²) < 4.78 is 4.73. The van der Waals surface area contributed by atoms with Crippen molar-refractivity contribution in [3.63, 3.8) is 0 Å². The molecule has 0 spiro atoms. The molecule has 0 saturated carbocycles. The summed E-state index contributed by atoms with van der Waals surface area (Å²) in [6, 6.07) is 20.0. The summed E-state index contributed by atoms with van der Waals surface area (Å²) >= 11 is 4.27. The molecule has 1 N–H and O–H groups in total. The standard InChI is InChI=1S/C22H19NO3S/c1-14-6-11-18(23-21(24)17-4-3-5-19(27)12-17)13-20(14)15-7-9-16(10-8-15)22(25)26-2/h3-13,27H,1-2H3,(H,23,24). The third-order valence-electron chi connectivity index (χ3n) is 4.22. The van der Waals surface area contributed by atoms with Crippen LogP contribution in [0.3, 0.4) is 0 Å². The van der Waals surface area contributed by atoms with Gasteiger partial charge in [0, 0.05) is 16.1 Å². The number of hydrogen-bond donors (Lipinski definition) is 2. The molecule has 136 valence electrons. The summed E-state index contributed by atoms with van der Waals surface area (Å²) in [7, 11) is 1.36. The molecule has 3 aromatic carbocycles.